The molecule has 0 aliphatic carbocycles. The monoisotopic (exact) mass is 285 g/mol. The minimum absolute atomic E-state index is 0.0379. The highest BCUT2D eigenvalue weighted by atomic mass is 16.5. The number of nitrogens with zero attached hydrogens (tertiary/aromatic N) is 1. The molecule has 2 amide bonds. The molecule has 7 nitrogen and oxygen atoms in total. The molecule has 3 unspecified atom stereocenters. The number of methoxy groups -OCH3 is 1. The van der Waals surface area contributed by atoms with E-state index in [0.717, 1.165) is 0 Å². The smallest absolute Gasteiger partial charge is 0.245 e. The van der Waals surface area contributed by atoms with Gasteiger partial charge in [-0.15, -0.1) is 0 Å². The highest BCUT2D eigenvalue weighted by Gasteiger charge is 2.38. The highest BCUT2D eigenvalue weighted by Crippen LogP contribution is 2.16. The van der Waals surface area contributed by atoms with Gasteiger partial charge in [0.1, 0.15) is 6.04 Å². The lowest BCUT2D eigenvalue weighted by Gasteiger charge is -2.36. The summed E-state index contributed by atoms with van der Waals surface area (Å²) in [6, 6.07) is -0.797. The van der Waals surface area contributed by atoms with E-state index >= 15 is 0 Å². The second kappa shape index (κ2) is 7.01. The summed E-state index contributed by atoms with van der Waals surface area (Å²) < 4.78 is 10.6. The summed E-state index contributed by atoms with van der Waals surface area (Å²) >= 11 is 0. The fraction of sp³-hybridized carbons (Fsp3) is 0.846. The lowest BCUT2D eigenvalue weighted by Crippen LogP contribution is -2.59. The number of likely N-dealkylation sites (N-methyl/N-ethyl adjacent to an activating group) is 1. The molecule has 0 radical (unpaired) electrons. The van der Waals surface area contributed by atoms with Crippen LogP contribution in [-0.2, 0) is 19.1 Å². The third-order valence-electron chi connectivity index (χ3n) is 3.79. The van der Waals surface area contributed by atoms with Crippen LogP contribution in [0.5, 0.6) is 0 Å². The van der Waals surface area contributed by atoms with Gasteiger partial charge in [0.25, 0.3) is 0 Å². The van der Waals surface area contributed by atoms with E-state index in [0.29, 0.717) is 32.7 Å². The normalized spacial score (nSPS) is 30.3. The van der Waals surface area contributed by atoms with Crippen molar-refractivity contribution in [1.82, 2.24) is 15.5 Å². The molecule has 2 N–H and O–H groups in total. The van der Waals surface area contributed by atoms with Gasteiger partial charge in [-0.25, -0.2) is 0 Å². The molecule has 0 aromatic carbocycles. The van der Waals surface area contributed by atoms with Crippen LogP contribution in [0.4, 0.5) is 0 Å². The summed E-state index contributed by atoms with van der Waals surface area (Å²) in [4.78, 5) is 26.2. The molecule has 2 heterocycles. The minimum atomic E-state index is -0.528. The zero-order valence-corrected chi connectivity index (χ0v) is 12.1. The first-order chi connectivity index (χ1) is 9.67. The van der Waals surface area contributed by atoms with Crippen LogP contribution in [0.15, 0.2) is 0 Å². The van der Waals surface area contributed by atoms with E-state index in [4.69, 9.17) is 9.47 Å². The van der Waals surface area contributed by atoms with E-state index in [1.165, 1.54) is 0 Å². The first-order valence-electron chi connectivity index (χ1n) is 7.09. The average Bonchev–Trinajstić information content (AvgIpc) is 2.95. The molecule has 0 aromatic rings. The van der Waals surface area contributed by atoms with Gasteiger partial charge in [-0.3, -0.25) is 9.59 Å². The fourth-order valence-electron chi connectivity index (χ4n) is 2.65. The van der Waals surface area contributed by atoms with Crippen molar-refractivity contribution in [1.29, 1.82) is 0 Å². The summed E-state index contributed by atoms with van der Waals surface area (Å²) in [6.07, 6.45) is 0.711. The Balaban J connectivity index is 2.00. The van der Waals surface area contributed by atoms with Crippen molar-refractivity contribution in [2.45, 2.75) is 31.5 Å². The fourth-order valence-corrected chi connectivity index (χ4v) is 2.65. The van der Waals surface area contributed by atoms with Crippen molar-refractivity contribution in [2.24, 2.45) is 0 Å². The van der Waals surface area contributed by atoms with Crippen LogP contribution >= 0.6 is 0 Å². The van der Waals surface area contributed by atoms with Gasteiger partial charge in [0, 0.05) is 26.7 Å². The second-order valence-corrected chi connectivity index (χ2v) is 5.07. The van der Waals surface area contributed by atoms with Crippen molar-refractivity contribution >= 4 is 11.8 Å². The molecule has 0 saturated carbocycles. The molecular weight excluding hydrogens is 262 g/mol. The molecule has 3 atom stereocenters. The first-order valence-corrected chi connectivity index (χ1v) is 7.09. The zero-order chi connectivity index (χ0) is 14.5. The third kappa shape index (κ3) is 3.28. The van der Waals surface area contributed by atoms with Crippen LogP contribution in [-0.4, -0.2) is 74.9 Å². The minimum Gasteiger partial charge on any atom is -0.380 e. The van der Waals surface area contributed by atoms with Crippen LogP contribution < -0.4 is 10.6 Å². The Morgan fingerprint density at radius 2 is 2.30 bits per heavy atom. The number of carbonyl (C=O) groups excluding carboxylic acids is 2. The molecular formula is C13H23N3O4. The molecule has 2 fully saturated rings. The Morgan fingerprint density at radius 1 is 1.50 bits per heavy atom. The topological polar surface area (TPSA) is 79.9 Å². The number of morpholine rings is 1. The van der Waals surface area contributed by atoms with Gasteiger partial charge in [0.2, 0.25) is 11.8 Å². The highest BCUT2D eigenvalue weighted by molar-refractivity contribution is 5.90. The van der Waals surface area contributed by atoms with E-state index in [1.54, 1.807) is 12.0 Å². The van der Waals surface area contributed by atoms with Crippen LogP contribution in [0.2, 0.25) is 0 Å². The van der Waals surface area contributed by atoms with Crippen molar-refractivity contribution < 1.29 is 19.1 Å². The van der Waals surface area contributed by atoms with Gasteiger partial charge in [-0.2, -0.15) is 0 Å². The number of amides is 2. The van der Waals surface area contributed by atoms with Crippen molar-refractivity contribution in [3.63, 3.8) is 0 Å². The summed E-state index contributed by atoms with van der Waals surface area (Å²) in [5.41, 5.74) is 0. The number of carbonyl (C=O) groups is 2. The van der Waals surface area contributed by atoms with Crippen LogP contribution in [0.1, 0.15) is 13.3 Å². The van der Waals surface area contributed by atoms with Gasteiger partial charge in [-0.05, 0) is 13.3 Å². The summed E-state index contributed by atoms with van der Waals surface area (Å²) in [5, 5.41) is 5.91. The molecule has 2 aliphatic heterocycles. The van der Waals surface area contributed by atoms with Gasteiger partial charge in [-0.1, -0.05) is 0 Å². The largest absolute Gasteiger partial charge is 0.380 e. The van der Waals surface area contributed by atoms with E-state index in [9.17, 15) is 9.59 Å². The molecule has 2 saturated heterocycles. The lowest BCUT2D eigenvalue weighted by atomic mass is 10.1. The molecule has 2 aliphatic rings. The van der Waals surface area contributed by atoms with Crippen LogP contribution in [0.25, 0.3) is 0 Å². The maximum absolute atomic E-state index is 12.6. The predicted molar refractivity (Wildman–Crippen MR) is 72.2 cm³/mol. The van der Waals surface area contributed by atoms with E-state index < -0.39 is 6.04 Å². The SMILES string of the molecule is CCNC(=O)C1COCCN1C(=O)C1CC(OC)CN1. The van der Waals surface area contributed by atoms with Gasteiger partial charge in [0.05, 0.1) is 25.4 Å². The molecule has 2 rings (SSSR count). The average molecular weight is 285 g/mol. The summed E-state index contributed by atoms with van der Waals surface area (Å²) in [7, 11) is 1.64. The van der Waals surface area contributed by atoms with E-state index in [2.05, 4.69) is 10.6 Å². The Labute approximate surface area is 119 Å². The maximum atomic E-state index is 12.6. The van der Waals surface area contributed by atoms with E-state index in [1.807, 2.05) is 6.92 Å². The molecule has 0 spiro atoms. The molecule has 114 valence electrons. The first kappa shape index (κ1) is 15.2. The predicted octanol–water partition coefficient (Wildman–Crippen LogP) is -1.27. The van der Waals surface area contributed by atoms with Gasteiger partial charge >= 0.3 is 0 Å². The Hall–Kier alpha value is -1.18. The molecule has 0 aromatic heterocycles. The molecule has 0 bridgehead atoms. The second-order valence-electron chi connectivity index (χ2n) is 5.07. The Bertz CT molecular complexity index is 364. The van der Waals surface area contributed by atoms with E-state index in [-0.39, 0.29) is 30.6 Å². The molecule has 20 heavy (non-hydrogen) atoms. The van der Waals surface area contributed by atoms with Crippen molar-refractivity contribution in [3.05, 3.63) is 0 Å². The standard InChI is InChI=1S/C13H23N3O4/c1-3-14-12(17)11-8-20-5-4-16(11)13(18)10-6-9(19-2)7-15-10/h9-11,15H,3-8H2,1-2H3,(H,14,17). The summed E-state index contributed by atoms with van der Waals surface area (Å²) in [6.45, 7) is 4.26. The number of ether oxygens (including phenoxy) is 2. The quantitative estimate of drug-likeness (QED) is 0.673. The number of nitrogens with one attached hydrogen (secondary N) is 2. The molecule has 7 heteroatoms. The van der Waals surface area contributed by atoms with Crippen LogP contribution in [0.3, 0.4) is 0 Å². The zero-order valence-electron chi connectivity index (χ0n) is 12.1. The summed E-state index contributed by atoms with van der Waals surface area (Å²) in [5.74, 6) is -0.189. The van der Waals surface area contributed by atoms with Crippen molar-refractivity contribution in [2.75, 3.05) is 40.0 Å². The van der Waals surface area contributed by atoms with Gasteiger partial charge in [0.15, 0.2) is 0 Å². The number of hydrogen-bond acceptors (Lipinski definition) is 5. The lowest BCUT2D eigenvalue weighted by molar-refractivity contribution is -0.149. The number of rotatable bonds is 4. The number of hydrogen-bond donors (Lipinski definition) is 2. The maximum Gasteiger partial charge on any atom is 0.245 e. The van der Waals surface area contributed by atoms with Gasteiger partial charge < -0.3 is 25.0 Å². The van der Waals surface area contributed by atoms with Crippen molar-refractivity contribution in [3.8, 4) is 0 Å². The third-order valence-corrected chi connectivity index (χ3v) is 3.79. The Morgan fingerprint density at radius 3 is 2.95 bits per heavy atom. The Kier molecular flexibility index (Phi) is 5.33. The van der Waals surface area contributed by atoms with Crippen LogP contribution in [0, 0.1) is 0 Å².